The monoisotopic (exact) mass is 285 g/mol. The first kappa shape index (κ1) is 15.3. The molecule has 2 nitrogen and oxygen atoms in total. The minimum atomic E-state index is -4.75. The fraction of sp³-hybridized carbons (Fsp3) is 0.364. The van der Waals surface area contributed by atoms with Gasteiger partial charge in [0.15, 0.2) is 0 Å². The van der Waals surface area contributed by atoms with Crippen LogP contribution in [0.15, 0.2) is 18.2 Å². The SMILES string of the molecule is CN(CC(F)F)C(=O)c1cc(C(F)(F)F)ccc1F. The largest absolute Gasteiger partial charge is 0.416 e. The van der Waals surface area contributed by atoms with Gasteiger partial charge in [0.1, 0.15) is 5.82 Å². The van der Waals surface area contributed by atoms with Crippen LogP contribution in [0.5, 0.6) is 0 Å². The van der Waals surface area contributed by atoms with E-state index < -0.39 is 42.0 Å². The molecule has 0 unspecified atom stereocenters. The molecule has 0 aliphatic rings. The van der Waals surface area contributed by atoms with E-state index in [2.05, 4.69) is 0 Å². The minimum absolute atomic E-state index is 0.305. The highest BCUT2D eigenvalue weighted by molar-refractivity contribution is 5.94. The van der Waals surface area contributed by atoms with Crippen LogP contribution in [0.3, 0.4) is 0 Å². The summed E-state index contributed by atoms with van der Waals surface area (Å²) in [6.45, 7) is -0.992. The summed E-state index contributed by atoms with van der Waals surface area (Å²) in [4.78, 5) is 12.0. The van der Waals surface area contributed by atoms with Gasteiger partial charge in [-0.3, -0.25) is 4.79 Å². The van der Waals surface area contributed by atoms with Crippen molar-refractivity contribution >= 4 is 5.91 Å². The minimum Gasteiger partial charge on any atom is -0.336 e. The smallest absolute Gasteiger partial charge is 0.336 e. The number of halogens is 6. The van der Waals surface area contributed by atoms with E-state index in [1.165, 1.54) is 0 Å². The van der Waals surface area contributed by atoms with Crippen LogP contribution in [0.1, 0.15) is 15.9 Å². The molecule has 1 aromatic carbocycles. The number of hydrogen-bond acceptors (Lipinski definition) is 1. The highest BCUT2D eigenvalue weighted by Crippen LogP contribution is 2.30. The van der Waals surface area contributed by atoms with Crippen LogP contribution in [0, 0.1) is 5.82 Å². The van der Waals surface area contributed by atoms with Gasteiger partial charge in [-0.05, 0) is 18.2 Å². The summed E-state index contributed by atoms with van der Waals surface area (Å²) in [6, 6.07) is 1.26. The van der Waals surface area contributed by atoms with Gasteiger partial charge in [0, 0.05) is 7.05 Å². The zero-order chi connectivity index (χ0) is 14.8. The molecule has 0 atom stereocenters. The van der Waals surface area contributed by atoms with Crippen molar-refractivity contribution in [3.8, 4) is 0 Å². The first-order chi connectivity index (χ1) is 8.62. The molecule has 1 rings (SSSR count). The van der Waals surface area contributed by atoms with Crippen LogP contribution in [0.2, 0.25) is 0 Å². The molecule has 1 amide bonds. The van der Waals surface area contributed by atoms with Crippen molar-refractivity contribution < 1.29 is 31.1 Å². The first-order valence-corrected chi connectivity index (χ1v) is 5.03. The van der Waals surface area contributed by atoms with Crippen molar-refractivity contribution in [2.24, 2.45) is 0 Å². The Morgan fingerprint density at radius 1 is 1.32 bits per heavy atom. The maximum absolute atomic E-state index is 13.3. The van der Waals surface area contributed by atoms with E-state index in [0.717, 1.165) is 7.05 Å². The van der Waals surface area contributed by atoms with Crippen molar-refractivity contribution in [2.45, 2.75) is 12.6 Å². The fourth-order valence-corrected chi connectivity index (χ4v) is 1.36. The molecule has 0 aromatic heterocycles. The van der Waals surface area contributed by atoms with Gasteiger partial charge in [0.05, 0.1) is 17.7 Å². The molecule has 0 fully saturated rings. The van der Waals surface area contributed by atoms with Crippen LogP contribution >= 0.6 is 0 Å². The van der Waals surface area contributed by atoms with E-state index in [0.29, 0.717) is 23.1 Å². The normalized spacial score (nSPS) is 11.8. The molecule has 106 valence electrons. The molecule has 0 bridgehead atoms. The number of carbonyl (C=O) groups excluding carboxylic acids is 1. The number of nitrogens with zero attached hydrogens (tertiary/aromatic N) is 1. The lowest BCUT2D eigenvalue weighted by Crippen LogP contribution is -2.32. The summed E-state index contributed by atoms with van der Waals surface area (Å²) in [7, 11) is 0.953. The second kappa shape index (κ2) is 5.50. The standard InChI is InChI=1S/C11H9F6NO/c1-18(5-9(13)14)10(19)7-4-6(11(15,16)17)2-3-8(7)12/h2-4,9H,5H2,1H3. The molecule has 0 aliphatic heterocycles. The van der Waals surface area contributed by atoms with Gasteiger partial charge in [0.25, 0.3) is 12.3 Å². The Hall–Kier alpha value is -1.73. The number of amides is 1. The summed E-state index contributed by atoms with van der Waals surface area (Å²) in [5, 5.41) is 0. The number of rotatable bonds is 3. The van der Waals surface area contributed by atoms with Crippen molar-refractivity contribution in [3.63, 3.8) is 0 Å². The predicted molar refractivity (Wildman–Crippen MR) is 54.4 cm³/mol. The van der Waals surface area contributed by atoms with Crippen LogP contribution < -0.4 is 0 Å². The van der Waals surface area contributed by atoms with Gasteiger partial charge < -0.3 is 4.90 Å². The van der Waals surface area contributed by atoms with Crippen LogP contribution in [-0.4, -0.2) is 30.8 Å². The average Bonchev–Trinajstić information content (AvgIpc) is 2.26. The number of benzene rings is 1. The van der Waals surface area contributed by atoms with Crippen molar-refractivity contribution in [1.29, 1.82) is 0 Å². The highest BCUT2D eigenvalue weighted by Gasteiger charge is 2.32. The Balaban J connectivity index is 3.09. The third-order valence-corrected chi connectivity index (χ3v) is 2.28. The molecule has 1 aromatic rings. The van der Waals surface area contributed by atoms with E-state index in [1.54, 1.807) is 0 Å². The summed E-state index contributed by atoms with van der Waals surface area (Å²) >= 11 is 0. The van der Waals surface area contributed by atoms with E-state index in [-0.39, 0.29) is 0 Å². The number of alkyl halides is 5. The lowest BCUT2D eigenvalue weighted by Gasteiger charge is -2.17. The topological polar surface area (TPSA) is 20.3 Å². The predicted octanol–water partition coefficient (Wildman–Crippen LogP) is 3.18. The van der Waals surface area contributed by atoms with Crippen molar-refractivity contribution in [1.82, 2.24) is 4.90 Å². The third kappa shape index (κ3) is 3.87. The molecule has 0 N–H and O–H groups in total. The molecule has 8 heteroatoms. The Bertz CT molecular complexity index is 471. The Labute approximate surface area is 104 Å². The van der Waals surface area contributed by atoms with E-state index in [9.17, 15) is 31.1 Å². The lowest BCUT2D eigenvalue weighted by atomic mass is 10.1. The van der Waals surface area contributed by atoms with E-state index in [4.69, 9.17) is 0 Å². The summed E-state index contributed by atoms with van der Waals surface area (Å²) in [5.74, 6) is -2.43. The van der Waals surface area contributed by atoms with Gasteiger partial charge >= 0.3 is 6.18 Å². The van der Waals surface area contributed by atoms with Gasteiger partial charge in [-0.25, -0.2) is 13.2 Å². The molecule has 0 saturated heterocycles. The second-order valence-electron chi connectivity index (χ2n) is 3.77. The lowest BCUT2D eigenvalue weighted by molar-refractivity contribution is -0.137. The molecular formula is C11H9F6NO. The summed E-state index contributed by atoms with van der Waals surface area (Å²) < 4.78 is 74.6. The quantitative estimate of drug-likeness (QED) is 0.781. The van der Waals surface area contributed by atoms with E-state index in [1.807, 2.05) is 0 Å². The van der Waals surface area contributed by atoms with E-state index >= 15 is 0 Å². The third-order valence-electron chi connectivity index (χ3n) is 2.28. The Kier molecular flexibility index (Phi) is 4.43. The van der Waals surface area contributed by atoms with Crippen molar-refractivity contribution in [2.75, 3.05) is 13.6 Å². The molecule has 0 saturated carbocycles. The van der Waals surface area contributed by atoms with Gasteiger partial charge in [0.2, 0.25) is 0 Å². The zero-order valence-corrected chi connectivity index (χ0v) is 9.64. The highest BCUT2D eigenvalue weighted by atomic mass is 19.4. The van der Waals surface area contributed by atoms with Crippen LogP contribution in [0.4, 0.5) is 26.3 Å². The van der Waals surface area contributed by atoms with Gasteiger partial charge in [-0.1, -0.05) is 0 Å². The number of hydrogen-bond donors (Lipinski definition) is 0. The van der Waals surface area contributed by atoms with Crippen molar-refractivity contribution in [3.05, 3.63) is 35.1 Å². The summed E-state index contributed by atoms with van der Waals surface area (Å²) in [6.07, 6.45) is -7.60. The molecule has 19 heavy (non-hydrogen) atoms. The maximum Gasteiger partial charge on any atom is 0.416 e. The summed E-state index contributed by atoms with van der Waals surface area (Å²) in [5.41, 5.74) is -2.11. The van der Waals surface area contributed by atoms with Gasteiger partial charge in [-0.2, -0.15) is 13.2 Å². The molecule has 0 radical (unpaired) electrons. The van der Waals surface area contributed by atoms with Gasteiger partial charge in [-0.15, -0.1) is 0 Å². The molecular weight excluding hydrogens is 276 g/mol. The van der Waals surface area contributed by atoms with Crippen LogP contribution in [-0.2, 0) is 6.18 Å². The Morgan fingerprint density at radius 3 is 2.37 bits per heavy atom. The fourth-order valence-electron chi connectivity index (χ4n) is 1.36. The number of carbonyl (C=O) groups is 1. The maximum atomic E-state index is 13.3. The zero-order valence-electron chi connectivity index (χ0n) is 9.64. The van der Waals surface area contributed by atoms with Crippen LogP contribution in [0.25, 0.3) is 0 Å². The first-order valence-electron chi connectivity index (χ1n) is 5.03. The molecule has 0 spiro atoms. The molecule has 0 heterocycles. The second-order valence-corrected chi connectivity index (χ2v) is 3.77. The average molecular weight is 285 g/mol. The molecule has 0 aliphatic carbocycles. The Morgan fingerprint density at radius 2 is 1.89 bits per heavy atom.